The van der Waals surface area contributed by atoms with Crippen molar-refractivity contribution in [1.29, 1.82) is 0 Å². The summed E-state index contributed by atoms with van der Waals surface area (Å²) in [7, 11) is -4.31. The van der Waals surface area contributed by atoms with Gasteiger partial charge in [-0.25, -0.2) is 8.42 Å². The largest absolute Gasteiger partial charge is 0.416 e. The fourth-order valence-corrected chi connectivity index (χ4v) is 5.73. The van der Waals surface area contributed by atoms with E-state index in [9.17, 15) is 26.4 Å². The highest BCUT2D eigenvalue weighted by molar-refractivity contribution is 7.92. The van der Waals surface area contributed by atoms with Crippen LogP contribution in [0.15, 0.2) is 83.8 Å². The smallest absolute Gasteiger partial charge is 0.350 e. The Bertz CT molecular complexity index is 1330. The topological polar surface area (TPSA) is 69.7 Å². The molecule has 6 nitrogen and oxygen atoms in total. The molecule has 1 heterocycles. The predicted molar refractivity (Wildman–Crippen MR) is 135 cm³/mol. The number of anilines is 1. The standard InChI is InChI=1S/C27H28F3N3O3S/c28-27(29,30)23-10-7-11-24(17-23)33(37(35,36)25-12-2-1-3-13-25)20-26(34)31-18-21-8-6-9-22(16-21)19-32-14-4-5-15-32/h1-3,6-13,16-17H,4-5,14-15,18-20H2,(H,31,34). The molecule has 0 radical (unpaired) electrons. The molecule has 1 fully saturated rings. The Morgan fingerprint density at radius 3 is 2.27 bits per heavy atom. The molecule has 1 amide bonds. The highest BCUT2D eigenvalue weighted by Gasteiger charge is 2.33. The van der Waals surface area contributed by atoms with Gasteiger partial charge in [-0.3, -0.25) is 14.0 Å². The average Bonchev–Trinajstić information content (AvgIpc) is 3.39. The predicted octanol–water partition coefficient (Wildman–Crippen LogP) is 4.81. The van der Waals surface area contributed by atoms with Crippen LogP contribution >= 0.6 is 0 Å². The first-order valence-electron chi connectivity index (χ1n) is 11.9. The van der Waals surface area contributed by atoms with E-state index in [1.165, 1.54) is 43.2 Å². The maximum absolute atomic E-state index is 13.4. The summed E-state index contributed by atoms with van der Waals surface area (Å²) in [5.74, 6) is -0.637. The first-order valence-corrected chi connectivity index (χ1v) is 13.4. The van der Waals surface area contributed by atoms with Crippen molar-refractivity contribution in [3.63, 3.8) is 0 Å². The maximum atomic E-state index is 13.4. The number of hydrogen-bond donors (Lipinski definition) is 1. The molecule has 1 N–H and O–H groups in total. The Hall–Kier alpha value is -3.37. The van der Waals surface area contributed by atoms with Gasteiger partial charge in [0.05, 0.1) is 16.1 Å². The van der Waals surface area contributed by atoms with Gasteiger partial charge in [-0.15, -0.1) is 0 Å². The normalized spacial score (nSPS) is 14.5. The number of likely N-dealkylation sites (tertiary alicyclic amines) is 1. The highest BCUT2D eigenvalue weighted by Crippen LogP contribution is 2.33. The third-order valence-electron chi connectivity index (χ3n) is 6.17. The van der Waals surface area contributed by atoms with Crippen LogP contribution in [0.1, 0.15) is 29.5 Å². The van der Waals surface area contributed by atoms with E-state index in [1.54, 1.807) is 6.07 Å². The van der Waals surface area contributed by atoms with E-state index in [-0.39, 0.29) is 17.1 Å². The number of amides is 1. The molecule has 0 aliphatic carbocycles. The summed E-state index contributed by atoms with van der Waals surface area (Å²) >= 11 is 0. The second kappa shape index (κ2) is 11.4. The SMILES string of the molecule is O=C(CN(c1cccc(C(F)(F)F)c1)S(=O)(=O)c1ccccc1)NCc1cccc(CN2CCCC2)c1. The van der Waals surface area contributed by atoms with Crippen LogP contribution in [0.5, 0.6) is 0 Å². The van der Waals surface area contributed by atoms with Gasteiger partial charge in [0.15, 0.2) is 0 Å². The van der Waals surface area contributed by atoms with Gasteiger partial charge < -0.3 is 5.32 Å². The number of carbonyl (C=O) groups is 1. The monoisotopic (exact) mass is 531 g/mol. The van der Waals surface area contributed by atoms with Crippen molar-refractivity contribution < 1.29 is 26.4 Å². The number of benzene rings is 3. The average molecular weight is 532 g/mol. The number of rotatable bonds is 9. The van der Waals surface area contributed by atoms with Crippen molar-refractivity contribution in [3.8, 4) is 0 Å². The van der Waals surface area contributed by atoms with Crippen molar-refractivity contribution in [2.45, 2.75) is 37.0 Å². The molecule has 0 bridgehead atoms. The van der Waals surface area contributed by atoms with Crippen LogP contribution in [0.4, 0.5) is 18.9 Å². The number of halogens is 3. The van der Waals surface area contributed by atoms with E-state index in [0.29, 0.717) is 4.31 Å². The lowest BCUT2D eigenvalue weighted by Crippen LogP contribution is -2.40. The van der Waals surface area contributed by atoms with Gasteiger partial charge >= 0.3 is 6.18 Å². The molecule has 3 aromatic carbocycles. The zero-order valence-electron chi connectivity index (χ0n) is 20.1. The van der Waals surface area contributed by atoms with Crippen LogP contribution < -0.4 is 9.62 Å². The molecule has 10 heteroatoms. The number of sulfonamides is 1. The first kappa shape index (κ1) is 26.7. The van der Waals surface area contributed by atoms with Gasteiger partial charge in [0.2, 0.25) is 5.91 Å². The van der Waals surface area contributed by atoms with Crippen molar-refractivity contribution in [2.24, 2.45) is 0 Å². The first-order chi connectivity index (χ1) is 17.6. The lowest BCUT2D eigenvalue weighted by Gasteiger charge is -2.25. The van der Waals surface area contributed by atoms with Crippen LogP contribution in [0.2, 0.25) is 0 Å². The van der Waals surface area contributed by atoms with Crippen LogP contribution in [0, 0.1) is 0 Å². The fourth-order valence-electron chi connectivity index (χ4n) is 4.30. The van der Waals surface area contributed by atoms with Crippen LogP contribution in [-0.4, -0.2) is 38.9 Å². The zero-order chi connectivity index (χ0) is 26.5. The lowest BCUT2D eigenvalue weighted by atomic mass is 10.1. The summed E-state index contributed by atoms with van der Waals surface area (Å²) in [6.07, 6.45) is -2.30. The van der Waals surface area contributed by atoms with Crippen molar-refractivity contribution in [2.75, 3.05) is 23.9 Å². The molecule has 4 rings (SSSR count). The number of carbonyl (C=O) groups excluding carboxylic acids is 1. The summed E-state index contributed by atoms with van der Waals surface area (Å²) in [6.45, 7) is 2.42. The molecule has 0 unspecified atom stereocenters. The minimum absolute atomic E-state index is 0.130. The summed E-state index contributed by atoms with van der Waals surface area (Å²) in [4.78, 5) is 15.1. The molecule has 3 aromatic rings. The third-order valence-corrected chi connectivity index (χ3v) is 7.95. The van der Waals surface area contributed by atoms with Crippen LogP contribution in [-0.2, 0) is 34.1 Å². The number of hydrogen-bond acceptors (Lipinski definition) is 4. The Morgan fingerprint density at radius 1 is 0.892 bits per heavy atom. The molecule has 0 saturated carbocycles. The van der Waals surface area contributed by atoms with Gasteiger partial charge in [0.1, 0.15) is 6.54 Å². The summed E-state index contributed by atoms with van der Waals surface area (Å²) in [5, 5.41) is 2.71. The van der Waals surface area contributed by atoms with E-state index >= 15 is 0 Å². The molecule has 0 atom stereocenters. The Labute approximate surface area is 214 Å². The van der Waals surface area contributed by atoms with Gasteiger partial charge in [-0.1, -0.05) is 48.5 Å². The maximum Gasteiger partial charge on any atom is 0.416 e. The summed E-state index contributed by atoms with van der Waals surface area (Å²) in [5.41, 5.74) is 0.711. The fraction of sp³-hybridized carbons (Fsp3) is 0.296. The van der Waals surface area contributed by atoms with Crippen molar-refractivity contribution in [3.05, 3.63) is 95.6 Å². The van der Waals surface area contributed by atoms with Crippen LogP contribution in [0.3, 0.4) is 0 Å². The Balaban J connectivity index is 1.52. The number of nitrogens with one attached hydrogen (secondary N) is 1. The molecular formula is C27H28F3N3O3S. The lowest BCUT2D eigenvalue weighted by molar-refractivity contribution is -0.137. The third kappa shape index (κ3) is 6.90. The second-order valence-electron chi connectivity index (χ2n) is 8.95. The molecular weight excluding hydrogens is 503 g/mol. The van der Waals surface area contributed by atoms with Crippen molar-refractivity contribution >= 4 is 21.6 Å². The molecule has 37 heavy (non-hydrogen) atoms. The minimum Gasteiger partial charge on any atom is -0.350 e. The zero-order valence-corrected chi connectivity index (χ0v) is 20.9. The highest BCUT2D eigenvalue weighted by atomic mass is 32.2. The van der Waals surface area contributed by atoms with E-state index in [4.69, 9.17) is 0 Å². The van der Waals surface area contributed by atoms with E-state index in [1.807, 2.05) is 24.3 Å². The molecule has 1 aliphatic heterocycles. The number of alkyl halides is 3. The van der Waals surface area contributed by atoms with Gasteiger partial charge in [0.25, 0.3) is 10.0 Å². The second-order valence-corrected chi connectivity index (χ2v) is 10.8. The van der Waals surface area contributed by atoms with Gasteiger partial charge in [0, 0.05) is 13.1 Å². The van der Waals surface area contributed by atoms with E-state index in [2.05, 4.69) is 10.2 Å². The molecule has 0 aromatic heterocycles. The van der Waals surface area contributed by atoms with E-state index in [0.717, 1.165) is 49.0 Å². The minimum atomic E-state index is -4.67. The quantitative estimate of drug-likeness (QED) is 0.430. The van der Waals surface area contributed by atoms with E-state index < -0.39 is 34.2 Å². The number of nitrogens with zero attached hydrogens (tertiary/aromatic N) is 2. The molecule has 1 aliphatic rings. The van der Waals surface area contributed by atoms with Gasteiger partial charge in [-0.05, 0) is 67.4 Å². The van der Waals surface area contributed by atoms with Crippen LogP contribution in [0.25, 0.3) is 0 Å². The molecule has 1 saturated heterocycles. The van der Waals surface area contributed by atoms with Crippen molar-refractivity contribution in [1.82, 2.24) is 10.2 Å². The summed E-state index contributed by atoms with van der Waals surface area (Å²) < 4.78 is 67.4. The molecule has 196 valence electrons. The Kier molecular flexibility index (Phi) is 8.19. The molecule has 0 spiro atoms. The Morgan fingerprint density at radius 2 is 1.57 bits per heavy atom. The summed E-state index contributed by atoms with van der Waals surface area (Å²) in [6, 6.07) is 19.0. The van der Waals surface area contributed by atoms with Gasteiger partial charge in [-0.2, -0.15) is 13.2 Å².